The number of amides is 2. The number of halogens is 2. The van der Waals surface area contributed by atoms with Crippen LogP contribution in [0.4, 0.5) is 14.9 Å². The van der Waals surface area contributed by atoms with E-state index in [4.69, 9.17) is 21.1 Å². The van der Waals surface area contributed by atoms with Gasteiger partial charge in [-0.1, -0.05) is 35.9 Å². The lowest BCUT2D eigenvalue weighted by Gasteiger charge is -2.50. The maximum Gasteiger partial charge on any atom is 0.407 e. The number of likely N-dealkylation sites (N-methyl/N-ethyl adjacent to an activating group) is 1. The topological polar surface area (TPSA) is 117 Å². The van der Waals surface area contributed by atoms with E-state index in [2.05, 4.69) is 22.1 Å². The molecule has 2 bridgehead atoms. The predicted molar refractivity (Wildman–Crippen MR) is 175 cm³/mol. The van der Waals surface area contributed by atoms with Crippen LogP contribution in [0.5, 0.6) is 0 Å². The molecule has 2 aromatic carbocycles. The molecule has 4 atom stereocenters. The first-order chi connectivity index (χ1) is 21.9. The van der Waals surface area contributed by atoms with Crippen LogP contribution in [-0.2, 0) is 36.1 Å². The fraction of sp³-hybridized carbons (Fsp3) is 0.515. The molecule has 0 spiro atoms. The van der Waals surface area contributed by atoms with E-state index in [0.29, 0.717) is 50.6 Å². The van der Waals surface area contributed by atoms with E-state index in [-0.39, 0.29) is 35.9 Å². The fourth-order valence-corrected chi connectivity index (χ4v) is 9.36. The van der Waals surface area contributed by atoms with Crippen molar-refractivity contribution in [3.8, 4) is 0 Å². The molecular weight excluding hydrogens is 635 g/mol. The third-order valence-corrected chi connectivity index (χ3v) is 12.2. The highest BCUT2D eigenvalue weighted by Gasteiger charge is 2.49. The van der Waals surface area contributed by atoms with Crippen molar-refractivity contribution in [2.45, 2.75) is 61.6 Å². The largest absolute Gasteiger partial charge is 0.453 e. The number of alkyl carbamates (subject to hydrolysis) is 1. The molecule has 3 aliphatic rings. The SMILES string of the molecule is C=CC1(CCc2c(F)cccc2NC(=O)C(NC(=O)OC)C2(c3ccc(Cl)cc3)CCOCC2)CN(C)C2CCCS(=O)(=O)N1C2. The highest BCUT2D eigenvalue weighted by Crippen LogP contribution is 2.40. The Morgan fingerprint density at radius 3 is 2.61 bits per heavy atom. The van der Waals surface area contributed by atoms with Crippen LogP contribution in [0.2, 0.25) is 5.02 Å². The molecule has 2 amide bonds. The number of piperazine rings is 1. The molecule has 0 aliphatic carbocycles. The van der Waals surface area contributed by atoms with Gasteiger partial charge >= 0.3 is 6.09 Å². The molecule has 13 heteroatoms. The summed E-state index contributed by atoms with van der Waals surface area (Å²) in [7, 11) is -0.349. The van der Waals surface area contributed by atoms with E-state index in [1.165, 1.54) is 19.2 Å². The van der Waals surface area contributed by atoms with Crippen LogP contribution in [-0.4, -0.2) is 93.5 Å². The number of benzene rings is 2. The van der Waals surface area contributed by atoms with Gasteiger partial charge in [0, 0.05) is 54.0 Å². The second kappa shape index (κ2) is 14.0. The molecular formula is C33H42ClFN4O6S. The third-order valence-electron chi connectivity index (χ3n) is 9.93. The number of nitrogens with one attached hydrogen (secondary N) is 2. The quantitative estimate of drug-likeness (QED) is 0.376. The Labute approximate surface area is 275 Å². The molecule has 46 heavy (non-hydrogen) atoms. The number of fused-ring (bicyclic) bond motifs is 2. The number of anilines is 1. The number of rotatable bonds is 9. The van der Waals surface area contributed by atoms with Gasteiger partial charge in [-0.05, 0) is 75.4 Å². The maximum atomic E-state index is 15.6. The zero-order valence-corrected chi connectivity index (χ0v) is 27.8. The first-order valence-electron chi connectivity index (χ1n) is 15.6. The molecule has 4 unspecified atom stereocenters. The van der Waals surface area contributed by atoms with Gasteiger partial charge in [-0.25, -0.2) is 17.6 Å². The van der Waals surface area contributed by atoms with Crippen molar-refractivity contribution in [1.29, 1.82) is 0 Å². The lowest BCUT2D eigenvalue weighted by Crippen LogP contribution is -2.64. The monoisotopic (exact) mass is 676 g/mol. The smallest absolute Gasteiger partial charge is 0.407 e. The number of nitrogens with zero attached hydrogens (tertiary/aromatic N) is 2. The van der Waals surface area contributed by atoms with Crippen molar-refractivity contribution in [2.75, 3.05) is 51.5 Å². The van der Waals surface area contributed by atoms with Gasteiger partial charge in [0.1, 0.15) is 11.9 Å². The molecule has 10 nitrogen and oxygen atoms in total. The Balaban J connectivity index is 1.46. The summed E-state index contributed by atoms with van der Waals surface area (Å²) in [5.41, 5.74) is -0.555. The molecule has 0 radical (unpaired) electrons. The second-order valence-corrected chi connectivity index (χ2v) is 14.9. The minimum atomic E-state index is -3.55. The lowest BCUT2D eigenvalue weighted by molar-refractivity contribution is -0.121. The van der Waals surface area contributed by atoms with Crippen molar-refractivity contribution < 1.29 is 31.9 Å². The molecule has 3 fully saturated rings. The zero-order chi connectivity index (χ0) is 33.1. The van der Waals surface area contributed by atoms with Crippen LogP contribution < -0.4 is 10.6 Å². The number of sulfonamides is 1. The first kappa shape index (κ1) is 34.3. The number of ether oxygens (including phenoxy) is 2. The summed E-state index contributed by atoms with van der Waals surface area (Å²) in [4.78, 5) is 29.0. The van der Waals surface area contributed by atoms with E-state index >= 15 is 4.39 Å². The van der Waals surface area contributed by atoms with Crippen molar-refractivity contribution in [3.05, 3.63) is 77.1 Å². The summed E-state index contributed by atoms with van der Waals surface area (Å²) in [6.45, 7) is 5.52. The minimum Gasteiger partial charge on any atom is -0.453 e. The van der Waals surface area contributed by atoms with Crippen molar-refractivity contribution in [2.24, 2.45) is 0 Å². The standard InChI is InChI=1S/C33H42ClFN4O6S/c1-4-32(22-38(2)25-7-6-20-46(42,43)39(32)21-25)15-14-26-27(35)8-5-9-28(26)36-30(40)29(37-31(41)44-3)33(16-18-45-19-17-33)23-10-12-24(34)13-11-23/h4-5,8-13,25,29H,1,6-7,14-22H2,2-3H3,(H,36,40)(H,37,41). The summed E-state index contributed by atoms with van der Waals surface area (Å²) >= 11 is 6.18. The van der Waals surface area contributed by atoms with Crippen LogP contribution in [0.15, 0.2) is 55.1 Å². The molecule has 2 aromatic rings. The first-order valence-corrected chi connectivity index (χ1v) is 17.5. The van der Waals surface area contributed by atoms with Gasteiger partial charge in [0.2, 0.25) is 15.9 Å². The summed E-state index contributed by atoms with van der Waals surface area (Å²) in [5, 5.41) is 6.17. The number of hydrogen-bond acceptors (Lipinski definition) is 7. The van der Waals surface area contributed by atoms with Crippen LogP contribution in [0.1, 0.15) is 43.2 Å². The maximum absolute atomic E-state index is 15.6. The van der Waals surface area contributed by atoms with Gasteiger partial charge < -0.3 is 20.1 Å². The Kier molecular flexibility index (Phi) is 10.4. The molecule has 2 N–H and O–H groups in total. The number of methoxy groups -OCH3 is 1. The van der Waals surface area contributed by atoms with Gasteiger partial charge in [-0.3, -0.25) is 9.69 Å². The third kappa shape index (κ3) is 6.82. The van der Waals surface area contributed by atoms with Crippen molar-refractivity contribution >= 4 is 39.3 Å². The highest BCUT2D eigenvalue weighted by molar-refractivity contribution is 7.89. The van der Waals surface area contributed by atoms with Gasteiger partial charge in [0.15, 0.2) is 0 Å². The van der Waals surface area contributed by atoms with Crippen molar-refractivity contribution in [1.82, 2.24) is 14.5 Å². The number of carbonyl (C=O) groups excluding carboxylic acids is 2. The molecule has 3 heterocycles. The van der Waals surface area contributed by atoms with Crippen LogP contribution in [0.25, 0.3) is 0 Å². The summed E-state index contributed by atoms with van der Waals surface area (Å²) < 4.78 is 54.4. The number of carbonyl (C=O) groups is 2. The Morgan fingerprint density at radius 2 is 1.93 bits per heavy atom. The number of hydrogen-bond donors (Lipinski definition) is 2. The normalized spacial score (nSPS) is 26.3. The van der Waals surface area contributed by atoms with Crippen molar-refractivity contribution in [3.63, 3.8) is 0 Å². The molecule has 0 aromatic heterocycles. The average molecular weight is 677 g/mol. The van der Waals surface area contributed by atoms with E-state index in [0.717, 1.165) is 12.0 Å². The van der Waals surface area contributed by atoms with E-state index in [1.54, 1.807) is 28.6 Å². The van der Waals surface area contributed by atoms with Crippen LogP contribution >= 0.6 is 11.6 Å². The highest BCUT2D eigenvalue weighted by atomic mass is 35.5. The molecule has 3 saturated heterocycles. The average Bonchev–Trinajstić information content (AvgIpc) is 3.19. The van der Waals surface area contributed by atoms with Gasteiger partial charge in [0.05, 0.1) is 18.4 Å². The van der Waals surface area contributed by atoms with E-state index in [9.17, 15) is 18.0 Å². The molecule has 3 aliphatic heterocycles. The Bertz CT molecular complexity index is 1550. The summed E-state index contributed by atoms with van der Waals surface area (Å²) in [6.07, 6.45) is 3.48. The lowest BCUT2D eigenvalue weighted by atomic mass is 9.68. The van der Waals surface area contributed by atoms with Gasteiger partial charge in [0.25, 0.3) is 0 Å². The molecule has 0 saturated carbocycles. The summed E-state index contributed by atoms with van der Waals surface area (Å²) in [5.74, 6) is -1.03. The Hall–Kier alpha value is -3.03. The second-order valence-electron chi connectivity index (χ2n) is 12.5. The van der Waals surface area contributed by atoms with Gasteiger partial charge in [-0.2, -0.15) is 4.31 Å². The van der Waals surface area contributed by atoms with Crippen LogP contribution in [0.3, 0.4) is 0 Å². The predicted octanol–water partition coefficient (Wildman–Crippen LogP) is 4.49. The molecule has 5 rings (SSSR count). The minimum absolute atomic E-state index is 0.0585. The fourth-order valence-electron chi connectivity index (χ4n) is 7.31. The van der Waals surface area contributed by atoms with E-state index in [1.807, 2.05) is 19.2 Å². The Morgan fingerprint density at radius 1 is 1.22 bits per heavy atom. The van der Waals surface area contributed by atoms with Crippen LogP contribution in [0, 0.1) is 5.82 Å². The van der Waals surface area contributed by atoms with E-state index < -0.39 is 44.8 Å². The van der Waals surface area contributed by atoms with Gasteiger partial charge in [-0.15, -0.1) is 6.58 Å². The molecule has 250 valence electrons. The summed E-state index contributed by atoms with van der Waals surface area (Å²) in [6, 6.07) is 10.6. The zero-order valence-electron chi connectivity index (χ0n) is 26.3.